The van der Waals surface area contributed by atoms with E-state index in [-0.39, 0.29) is 23.1 Å². The maximum absolute atomic E-state index is 14.0. The van der Waals surface area contributed by atoms with Gasteiger partial charge in [0.1, 0.15) is 23.2 Å². The summed E-state index contributed by atoms with van der Waals surface area (Å²) in [5.74, 6) is 0.565. The highest BCUT2D eigenvalue weighted by atomic mass is 35.5. The number of para-hydroxylation sites is 1. The minimum absolute atomic E-state index is 0.0107. The van der Waals surface area contributed by atoms with E-state index in [9.17, 15) is 4.39 Å². The van der Waals surface area contributed by atoms with Crippen LogP contribution in [-0.2, 0) is 13.2 Å². The fourth-order valence-corrected chi connectivity index (χ4v) is 3.39. The molecule has 2 N–H and O–H groups in total. The van der Waals surface area contributed by atoms with Crippen LogP contribution in [-0.4, -0.2) is 45.3 Å². The molecule has 0 amide bonds. The van der Waals surface area contributed by atoms with Crippen LogP contribution in [0.15, 0.2) is 61.1 Å². The van der Waals surface area contributed by atoms with E-state index in [0.29, 0.717) is 28.8 Å². The number of aromatic nitrogens is 4. The first-order chi connectivity index (χ1) is 17.4. The molecule has 9 nitrogen and oxygen atoms in total. The van der Waals surface area contributed by atoms with Crippen LogP contribution in [0.25, 0.3) is 4.85 Å². The van der Waals surface area contributed by atoms with Gasteiger partial charge in [0.15, 0.2) is 5.82 Å². The molecular formula is C25H24ClFN8O. The van der Waals surface area contributed by atoms with Crippen LogP contribution in [0.5, 0.6) is 5.75 Å². The molecule has 0 spiro atoms. The van der Waals surface area contributed by atoms with Gasteiger partial charge in [0, 0.05) is 24.0 Å². The first-order valence-corrected chi connectivity index (χ1v) is 11.4. The smallest absolute Gasteiger partial charge is 0.250 e. The zero-order valence-corrected chi connectivity index (χ0v) is 20.5. The average molecular weight is 507 g/mol. The molecule has 36 heavy (non-hydrogen) atoms. The van der Waals surface area contributed by atoms with Gasteiger partial charge in [-0.05, 0) is 32.3 Å². The molecule has 4 aromatic rings. The third-order valence-electron chi connectivity index (χ3n) is 5.11. The molecule has 0 fully saturated rings. The van der Waals surface area contributed by atoms with Gasteiger partial charge in [-0.3, -0.25) is 4.68 Å². The predicted molar refractivity (Wildman–Crippen MR) is 138 cm³/mol. The van der Waals surface area contributed by atoms with Gasteiger partial charge < -0.3 is 20.3 Å². The van der Waals surface area contributed by atoms with Crippen LogP contribution in [0.4, 0.5) is 33.2 Å². The summed E-state index contributed by atoms with van der Waals surface area (Å²) in [4.78, 5) is 14.4. The molecule has 2 aromatic heterocycles. The maximum atomic E-state index is 14.0. The topological polar surface area (TPSA) is 84.5 Å². The summed E-state index contributed by atoms with van der Waals surface area (Å²) in [7, 11) is 4.01. The molecule has 4 rings (SSSR count). The number of nitrogens with one attached hydrogen (secondary N) is 2. The van der Waals surface area contributed by atoms with Crippen LogP contribution in [0.1, 0.15) is 5.56 Å². The third-order valence-corrected chi connectivity index (χ3v) is 5.39. The molecule has 184 valence electrons. The van der Waals surface area contributed by atoms with Gasteiger partial charge in [-0.25, -0.2) is 14.2 Å². The van der Waals surface area contributed by atoms with Crippen LogP contribution in [0, 0.1) is 12.4 Å². The van der Waals surface area contributed by atoms with Crippen molar-refractivity contribution in [1.29, 1.82) is 0 Å². The van der Waals surface area contributed by atoms with E-state index in [1.54, 1.807) is 42.6 Å². The molecule has 0 saturated carbocycles. The van der Waals surface area contributed by atoms with Crippen molar-refractivity contribution in [2.24, 2.45) is 0 Å². The summed E-state index contributed by atoms with van der Waals surface area (Å²) in [6, 6.07) is 11.4. The van der Waals surface area contributed by atoms with Crippen molar-refractivity contribution >= 4 is 40.4 Å². The highest BCUT2D eigenvalue weighted by Crippen LogP contribution is 2.38. The number of halogens is 2. The highest BCUT2D eigenvalue weighted by Gasteiger charge is 2.14. The summed E-state index contributed by atoms with van der Waals surface area (Å²) >= 11 is 6.33. The lowest BCUT2D eigenvalue weighted by Gasteiger charge is -2.14. The molecule has 11 heteroatoms. The minimum atomic E-state index is -0.368. The van der Waals surface area contributed by atoms with Crippen molar-refractivity contribution in [3.8, 4) is 5.75 Å². The molecule has 0 atom stereocenters. The number of likely N-dealkylation sites (N-methyl/N-ethyl adjacent to an activating group) is 1. The fourth-order valence-electron chi connectivity index (χ4n) is 3.25. The highest BCUT2D eigenvalue weighted by molar-refractivity contribution is 6.33. The van der Waals surface area contributed by atoms with Crippen LogP contribution in [0.2, 0.25) is 5.02 Å². The van der Waals surface area contributed by atoms with Gasteiger partial charge in [0.2, 0.25) is 5.95 Å². The van der Waals surface area contributed by atoms with Gasteiger partial charge in [-0.1, -0.05) is 35.9 Å². The summed E-state index contributed by atoms with van der Waals surface area (Å²) in [5, 5.41) is 10.8. The summed E-state index contributed by atoms with van der Waals surface area (Å²) in [6.07, 6.45) is 5.02. The summed E-state index contributed by atoms with van der Waals surface area (Å²) in [6.45, 7) is 9.26. The van der Waals surface area contributed by atoms with Crippen molar-refractivity contribution in [2.75, 3.05) is 31.3 Å². The van der Waals surface area contributed by atoms with E-state index in [0.717, 1.165) is 18.8 Å². The number of rotatable bonds is 10. The Morgan fingerprint density at radius 1 is 1.14 bits per heavy atom. The fraction of sp³-hybridized carbons (Fsp3) is 0.200. The Labute approximate surface area is 213 Å². The normalized spacial score (nSPS) is 10.8. The van der Waals surface area contributed by atoms with E-state index >= 15 is 0 Å². The molecule has 0 aliphatic rings. The number of hydrogen-bond donors (Lipinski definition) is 2. The van der Waals surface area contributed by atoms with Crippen LogP contribution in [0.3, 0.4) is 0 Å². The molecule has 0 saturated heterocycles. The lowest BCUT2D eigenvalue weighted by atomic mass is 10.2. The number of ether oxygens (including phenoxy) is 1. The van der Waals surface area contributed by atoms with Crippen molar-refractivity contribution in [3.63, 3.8) is 0 Å². The maximum Gasteiger partial charge on any atom is 0.250 e. The van der Waals surface area contributed by atoms with E-state index in [1.807, 2.05) is 25.0 Å². The van der Waals surface area contributed by atoms with E-state index in [2.05, 4.69) is 35.4 Å². The lowest BCUT2D eigenvalue weighted by molar-refractivity contribution is 0.302. The quantitative estimate of drug-likeness (QED) is 0.269. The molecular weight excluding hydrogens is 483 g/mol. The summed E-state index contributed by atoms with van der Waals surface area (Å²) in [5.41, 5.74) is 1.79. The lowest BCUT2D eigenvalue weighted by Crippen LogP contribution is -2.18. The van der Waals surface area contributed by atoms with Crippen molar-refractivity contribution in [2.45, 2.75) is 13.2 Å². The second kappa shape index (κ2) is 11.5. The van der Waals surface area contributed by atoms with Crippen LogP contribution < -0.4 is 15.4 Å². The third kappa shape index (κ3) is 6.27. The van der Waals surface area contributed by atoms with Crippen molar-refractivity contribution in [1.82, 2.24) is 24.6 Å². The minimum Gasteiger partial charge on any atom is -0.500 e. The van der Waals surface area contributed by atoms with Gasteiger partial charge in [-0.2, -0.15) is 10.1 Å². The Kier molecular flexibility index (Phi) is 7.95. The predicted octanol–water partition coefficient (Wildman–Crippen LogP) is 5.64. The zero-order valence-electron chi connectivity index (χ0n) is 19.7. The Morgan fingerprint density at radius 3 is 2.75 bits per heavy atom. The zero-order chi connectivity index (χ0) is 25.5. The Hall–Kier alpha value is -4.20. The standard InChI is InChI=1S/C25H24ClFN8O/c1-28-23-21(9-6-10-22(23)36-16-17-7-4-5-8-20(17)27)32-24-19(26)14-29-25(33-24)31-18-13-30-35(15-18)12-11-34(2)3/h4-10,13-15H,11-12,16H2,2-3H3,(H2,29,31,32,33). The van der Waals surface area contributed by atoms with E-state index < -0.39 is 0 Å². The Morgan fingerprint density at radius 2 is 1.97 bits per heavy atom. The van der Waals surface area contributed by atoms with Crippen molar-refractivity contribution < 1.29 is 9.13 Å². The van der Waals surface area contributed by atoms with E-state index in [4.69, 9.17) is 22.9 Å². The number of hydrogen-bond acceptors (Lipinski definition) is 7. The number of anilines is 4. The largest absolute Gasteiger partial charge is 0.500 e. The number of nitrogens with zero attached hydrogens (tertiary/aromatic N) is 6. The first kappa shape index (κ1) is 24.9. The molecule has 0 aliphatic carbocycles. The van der Waals surface area contributed by atoms with Crippen molar-refractivity contribution in [3.05, 3.63) is 88.9 Å². The summed E-state index contributed by atoms with van der Waals surface area (Å²) < 4.78 is 21.5. The monoisotopic (exact) mass is 506 g/mol. The molecule has 0 radical (unpaired) electrons. The van der Waals surface area contributed by atoms with Gasteiger partial charge in [0.25, 0.3) is 5.69 Å². The number of benzene rings is 2. The van der Waals surface area contributed by atoms with Gasteiger partial charge >= 0.3 is 0 Å². The molecule has 0 aliphatic heterocycles. The first-order valence-electron chi connectivity index (χ1n) is 11.0. The Balaban J connectivity index is 1.50. The van der Waals surface area contributed by atoms with E-state index in [1.165, 1.54) is 12.3 Å². The second-order valence-corrected chi connectivity index (χ2v) is 8.49. The second-order valence-electron chi connectivity index (χ2n) is 8.08. The SMILES string of the molecule is [C-]#[N+]c1c(Nc2nc(Nc3cnn(CCN(C)C)c3)ncc2Cl)cccc1OCc1ccccc1F. The molecule has 0 unspecified atom stereocenters. The average Bonchev–Trinajstić information content (AvgIpc) is 3.31. The van der Waals surface area contributed by atoms with Crippen LogP contribution >= 0.6 is 11.6 Å². The molecule has 2 heterocycles. The molecule has 2 aromatic carbocycles. The Bertz CT molecular complexity index is 1380. The van der Waals surface area contributed by atoms with Gasteiger partial charge in [-0.15, -0.1) is 0 Å². The molecule has 0 bridgehead atoms. The van der Waals surface area contributed by atoms with Gasteiger partial charge in [0.05, 0.1) is 31.2 Å².